The summed E-state index contributed by atoms with van der Waals surface area (Å²) in [6.45, 7) is 3.87. The van der Waals surface area contributed by atoms with Crippen LogP contribution in [0.25, 0.3) is 0 Å². The van der Waals surface area contributed by atoms with Gasteiger partial charge in [0.25, 0.3) is 0 Å². The van der Waals surface area contributed by atoms with Crippen molar-refractivity contribution in [2.24, 2.45) is 11.8 Å². The van der Waals surface area contributed by atoms with Gasteiger partial charge in [-0.2, -0.15) is 0 Å². The predicted molar refractivity (Wildman–Crippen MR) is 36.0 cm³/mol. The molecule has 2 aliphatic carbocycles. The Morgan fingerprint density at radius 2 is 2.22 bits per heavy atom. The van der Waals surface area contributed by atoms with Crippen LogP contribution in [-0.4, -0.2) is 11.2 Å². The molecule has 0 amide bonds. The van der Waals surface area contributed by atoms with Gasteiger partial charge in [-0.15, -0.1) is 0 Å². The third-order valence-corrected chi connectivity index (χ3v) is 2.82. The minimum absolute atomic E-state index is 0.149. The van der Waals surface area contributed by atoms with Crippen LogP contribution in [0.15, 0.2) is 12.2 Å². The van der Waals surface area contributed by atoms with Crippen LogP contribution >= 0.6 is 0 Å². The van der Waals surface area contributed by atoms with Crippen LogP contribution in [0.4, 0.5) is 0 Å². The summed E-state index contributed by atoms with van der Waals surface area (Å²) in [5.41, 5.74) is 1.10. The van der Waals surface area contributed by atoms with Gasteiger partial charge >= 0.3 is 0 Å². The van der Waals surface area contributed by atoms with E-state index in [2.05, 4.69) is 6.58 Å². The highest BCUT2D eigenvalue weighted by Crippen LogP contribution is 2.47. The molecule has 0 heterocycles. The lowest BCUT2D eigenvalue weighted by atomic mass is 9.94. The summed E-state index contributed by atoms with van der Waals surface area (Å²) in [4.78, 5) is 0. The molecule has 1 nitrogen and oxygen atoms in total. The van der Waals surface area contributed by atoms with Crippen molar-refractivity contribution in [3.63, 3.8) is 0 Å². The Bertz CT molecular complexity index is 147. The molecule has 2 bridgehead atoms. The molecule has 0 spiro atoms. The fraction of sp³-hybridized carbons (Fsp3) is 0.750. The summed E-state index contributed by atoms with van der Waals surface area (Å²) in [5, 5.41) is 9.39. The van der Waals surface area contributed by atoms with Gasteiger partial charge in [0, 0.05) is 0 Å². The molecule has 1 heteroatoms. The zero-order valence-corrected chi connectivity index (χ0v) is 5.51. The number of aliphatic hydroxyl groups is 1. The van der Waals surface area contributed by atoms with Crippen molar-refractivity contribution in [1.29, 1.82) is 0 Å². The Morgan fingerprint density at radius 3 is 2.56 bits per heavy atom. The van der Waals surface area contributed by atoms with E-state index >= 15 is 0 Å². The molecule has 2 saturated carbocycles. The number of rotatable bonds is 0. The van der Waals surface area contributed by atoms with Crippen LogP contribution in [0.1, 0.15) is 19.3 Å². The smallest absolute Gasteiger partial charge is 0.0778 e. The van der Waals surface area contributed by atoms with Crippen molar-refractivity contribution in [1.82, 2.24) is 0 Å². The summed E-state index contributed by atoms with van der Waals surface area (Å²) in [5.74, 6) is 1.24. The highest BCUT2D eigenvalue weighted by molar-refractivity contribution is 5.18. The lowest BCUT2D eigenvalue weighted by Gasteiger charge is -2.17. The first-order valence-corrected chi connectivity index (χ1v) is 3.66. The summed E-state index contributed by atoms with van der Waals surface area (Å²) >= 11 is 0. The molecule has 50 valence electrons. The third kappa shape index (κ3) is 0.584. The maximum atomic E-state index is 9.39. The minimum Gasteiger partial charge on any atom is -0.388 e. The van der Waals surface area contributed by atoms with Crippen molar-refractivity contribution >= 4 is 0 Å². The number of aliphatic hydroxyl groups excluding tert-OH is 1. The van der Waals surface area contributed by atoms with E-state index < -0.39 is 0 Å². The fourth-order valence-electron chi connectivity index (χ4n) is 2.18. The second kappa shape index (κ2) is 1.60. The average molecular weight is 124 g/mol. The first kappa shape index (κ1) is 5.48. The molecular weight excluding hydrogens is 112 g/mol. The number of hydrogen-bond donors (Lipinski definition) is 1. The van der Waals surface area contributed by atoms with Gasteiger partial charge < -0.3 is 5.11 Å². The fourth-order valence-corrected chi connectivity index (χ4v) is 2.18. The molecule has 2 aliphatic rings. The molecule has 3 atom stereocenters. The SMILES string of the molecule is C=C1[C@H]2CC[C@H](C2)[C@H]1O. The van der Waals surface area contributed by atoms with E-state index in [0.29, 0.717) is 11.8 Å². The lowest BCUT2D eigenvalue weighted by Crippen LogP contribution is -2.17. The van der Waals surface area contributed by atoms with Gasteiger partial charge in [0.05, 0.1) is 6.10 Å². The molecule has 0 aliphatic heterocycles. The van der Waals surface area contributed by atoms with Gasteiger partial charge in [-0.3, -0.25) is 0 Å². The van der Waals surface area contributed by atoms with Gasteiger partial charge in [0.2, 0.25) is 0 Å². The van der Waals surface area contributed by atoms with Crippen LogP contribution in [0.3, 0.4) is 0 Å². The highest BCUT2D eigenvalue weighted by atomic mass is 16.3. The van der Waals surface area contributed by atoms with E-state index in [-0.39, 0.29) is 6.10 Å². The molecule has 0 aromatic rings. The van der Waals surface area contributed by atoms with E-state index in [4.69, 9.17) is 0 Å². The van der Waals surface area contributed by atoms with Crippen molar-refractivity contribution < 1.29 is 5.11 Å². The van der Waals surface area contributed by atoms with Crippen LogP contribution < -0.4 is 0 Å². The Hall–Kier alpha value is -0.300. The average Bonchev–Trinajstić information content (AvgIpc) is 2.37. The molecule has 1 N–H and O–H groups in total. The second-order valence-corrected chi connectivity index (χ2v) is 3.29. The Morgan fingerprint density at radius 1 is 1.44 bits per heavy atom. The van der Waals surface area contributed by atoms with E-state index in [9.17, 15) is 5.11 Å². The maximum Gasteiger partial charge on any atom is 0.0778 e. The molecular formula is C8H12O. The van der Waals surface area contributed by atoms with E-state index in [1.54, 1.807) is 0 Å². The molecule has 0 radical (unpaired) electrons. The monoisotopic (exact) mass is 124 g/mol. The van der Waals surface area contributed by atoms with Crippen molar-refractivity contribution in [2.45, 2.75) is 25.4 Å². The minimum atomic E-state index is -0.149. The first-order chi connectivity index (χ1) is 4.29. The molecule has 0 saturated heterocycles. The molecule has 0 aromatic heterocycles. The normalized spacial score (nSPS) is 48.6. The van der Waals surface area contributed by atoms with Gasteiger partial charge in [0.15, 0.2) is 0 Å². The summed E-state index contributed by atoms with van der Waals surface area (Å²) in [7, 11) is 0. The molecule has 9 heavy (non-hydrogen) atoms. The van der Waals surface area contributed by atoms with Crippen LogP contribution in [0.5, 0.6) is 0 Å². The van der Waals surface area contributed by atoms with Crippen LogP contribution in [0.2, 0.25) is 0 Å². The van der Waals surface area contributed by atoms with Gasteiger partial charge in [-0.25, -0.2) is 0 Å². The van der Waals surface area contributed by atoms with E-state index in [0.717, 1.165) is 5.57 Å². The highest BCUT2D eigenvalue weighted by Gasteiger charge is 2.41. The number of fused-ring (bicyclic) bond motifs is 2. The van der Waals surface area contributed by atoms with Crippen molar-refractivity contribution in [3.8, 4) is 0 Å². The third-order valence-electron chi connectivity index (χ3n) is 2.82. The predicted octanol–water partition coefficient (Wildman–Crippen LogP) is 1.33. The Kier molecular flexibility index (Phi) is 0.974. The van der Waals surface area contributed by atoms with E-state index in [1.165, 1.54) is 19.3 Å². The van der Waals surface area contributed by atoms with E-state index in [1.807, 2.05) is 0 Å². The van der Waals surface area contributed by atoms with Gasteiger partial charge in [0.1, 0.15) is 0 Å². The first-order valence-electron chi connectivity index (χ1n) is 3.66. The standard InChI is InChI=1S/C8H12O/c1-5-6-2-3-7(4-6)8(5)9/h6-9H,1-4H2/t6-,7+,8-/m0/s1. The quantitative estimate of drug-likeness (QED) is 0.483. The maximum absolute atomic E-state index is 9.39. The summed E-state index contributed by atoms with van der Waals surface area (Å²) in [6.07, 6.45) is 3.56. The van der Waals surface area contributed by atoms with Crippen LogP contribution in [0, 0.1) is 11.8 Å². The summed E-state index contributed by atoms with van der Waals surface area (Å²) in [6, 6.07) is 0. The molecule has 2 rings (SSSR count). The van der Waals surface area contributed by atoms with Crippen LogP contribution in [-0.2, 0) is 0 Å². The van der Waals surface area contributed by atoms with Crippen molar-refractivity contribution in [3.05, 3.63) is 12.2 Å². The Labute approximate surface area is 55.4 Å². The zero-order valence-electron chi connectivity index (χ0n) is 5.51. The largest absolute Gasteiger partial charge is 0.388 e. The van der Waals surface area contributed by atoms with Gasteiger partial charge in [-0.05, 0) is 36.7 Å². The topological polar surface area (TPSA) is 20.2 Å². The lowest BCUT2D eigenvalue weighted by molar-refractivity contribution is 0.154. The summed E-state index contributed by atoms with van der Waals surface area (Å²) < 4.78 is 0. The molecule has 2 fully saturated rings. The second-order valence-electron chi connectivity index (χ2n) is 3.29. The molecule has 0 unspecified atom stereocenters. The van der Waals surface area contributed by atoms with Crippen molar-refractivity contribution in [2.75, 3.05) is 0 Å². The number of hydrogen-bond acceptors (Lipinski definition) is 1. The molecule has 0 aromatic carbocycles. The Balaban J connectivity index is 2.25. The van der Waals surface area contributed by atoms with Gasteiger partial charge in [-0.1, -0.05) is 6.58 Å². The zero-order chi connectivity index (χ0) is 6.43.